The number of carboxylic acid groups (broad SMARTS) is 1. The van der Waals surface area contributed by atoms with Gasteiger partial charge in [-0.05, 0) is 43.9 Å². The van der Waals surface area contributed by atoms with E-state index in [9.17, 15) is 9.90 Å². The predicted molar refractivity (Wildman–Crippen MR) is 94.3 cm³/mol. The molecule has 2 N–H and O–H groups in total. The van der Waals surface area contributed by atoms with E-state index in [1.807, 2.05) is 6.07 Å². The molecule has 0 amide bonds. The van der Waals surface area contributed by atoms with Crippen molar-refractivity contribution >= 4 is 11.6 Å². The third kappa shape index (κ3) is 3.25. The van der Waals surface area contributed by atoms with E-state index < -0.39 is 5.97 Å². The molecule has 2 heterocycles. The number of nitrogens with zero attached hydrogens (tertiary/aromatic N) is 3. The number of benzene rings is 1. The number of rotatable bonds is 4. The Labute approximate surface area is 149 Å². The SMILES string of the molecule is O=C(O)c1ccc(-c2cnc3ccc(OC4CCC(O)CC4)nn23)cc1. The summed E-state index contributed by atoms with van der Waals surface area (Å²) in [5.41, 5.74) is 2.52. The lowest BCUT2D eigenvalue weighted by atomic mass is 9.95. The van der Waals surface area contributed by atoms with Gasteiger partial charge in [0.05, 0.1) is 23.6 Å². The van der Waals surface area contributed by atoms with Crippen molar-refractivity contribution in [3.8, 4) is 17.1 Å². The van der Waals surface area contributed by atoms with E-state index in [-0.39, 0.29) is 17.8 Å². The van der Waals surface area contributed by atoms with E-state index in [0.29, 0.717) is 11.5 Å². The van der Waals surface area contributed by atoms with Crippen LogP contribution in [0, 0.1) is 0 Å². The minimum atomic E-state index is -0.957. The molecule has 4 rings (SSSR count). The summed E-state index contributed by atoms with van der Waals surface area (Å²) < 4.78 is 7.67. The van der Waals surface area contributed by atoms with Crippen LogP contribution in [0.5, 0.6) is 5.88 Å². The average Bonchev–Trinajstić information content (AvgIpc) is 3.07. The summed E-state index contributed by atoms with van der Waals surface area (Å²) >= 11 is 0. The van der Waals surface area contributed by atoms with Crippen LogP contribution in [0.1, 0.15) is 36.0 Å². The molecule has 1 saturated carbocycles. The van der Waals surface area contributed by atoms with Crippen molar-refractivity contribution in [2.75, 3.05) is 0 Å². The summed E-state index contributed by atoms with van der Waals surface area (Å²) in [6, 6.07) is 10.2. The third-order valence-corrected chi connectivity index (χ3v) is 4.70. The fourth-order valence-corrected chi connectivity index (χ4v) is 3.23. The lowest BCUT2D eigenvalue weighted by Gasteiger charge is -2.25. The second-order valence-corrected chi connectivity index (χ2v) is 6.52. The first-order valence-corrected chi connectivity index (χ1v) is 8.63. The Morgan fingerprint density at radius 3 is 2.50 bits per heavy atom. The fourth-order valence-electron chi connectivity index (χ4n) is 3.23. The van der Waals surface area contributed by atoms with E-state index in [1.165, 1.54) is 0 Å². The van der Waals surface area contributed by atoms with Gasteiger partial charge in [-0.3, -0.25) is 0 Å². The Morgan fingerprint density at radius 1 is 1.08 bits per heavy atom. The Bertz CT molecular complexity index is 928. The van der Waals surface area contributed by atoms with Gasteiger partial charge >= 0.3 is 5.97 Å². The molecule has 134 valence electrons. The summed E-state index contributed by atoms with van der Waals surface area (Å²) in [5.74, 6) is -0.443. The highest BCUT2D eigenvalue weighted by Crippen LogP contribution is 2.25. The van der Waals surface area contributed by atoms with E-state index in [4.69, 9.17) is 9.84 Å². The van der Waals surface area contributed by atoms with Crippen LogP contribution < -0.4 is 4.74 Å². The van der Waals surface area contributed by atoms with E-state index in [2.05, 4.69) is 10.1 Å². The molecule has 0 bridgehead atoms. The summed E-state index contributed by atoms with van der Waals surface area (Å²) in [7, 11) is 0. The standard InChI is InChI=1S/C19H19N3O4/c23-14-5-7-15(8-6-14)26-18-10-9-17-20-11-16(22(17)21-18)12-1-3-13(4-2-12)19(24)25/h1-4,9-11,14-15,23H,5-8H2,(H,24,25). The summed E-state index contributed by atoms with van der Waals surface area (Å²) in [6.45, 7) is 0. The largest absolute Gasteiger partial charge is 0.478 e. The average molecular weight is 353 g/mol. The summed E-state index contributed by atoms with van der Waals surface area (Å²) in [6.07, 6.45) is 4.67. The maximum atomic E-state index is 11.0. The molecule has 3 aromatic rings. The van der Waals surface area contributed by atoms with Gasteiger partial charge in [-0.25, -0.2) is 14.3 Å². The smallest absolute Gasteiger partial charge is 0.335 e. The lowest BCUT2D eigenvalue weighted by molar-refractivity contribution is 0.0637. The Hall–Kier alpha value is -2.93. The normalized spacial score (nSPS) is 20.2. The molecule has 7 heteroatoms. The zero-order chi connectivity index (χ0) is 18.1. The number of aliphatic hydroxyl groups is 1. The van der Waals surface area contributed by atoms with Gasteiger partial charge in [0, 0.05) is 11.6 Å². The van der Waals surface area contributed by atoms with Crippen molar-refractivity contribution in [3.05, 3.63) is 48.2 Å². The highest BCUT2D eigenvalue weighted by molar-refractivity contribution is 5.88. The number of fused-ring (bicyclic) bond motifs is 1. The van der Waals surface area contributed by atoms with Crippen LogP contribution in [-0.2, 0) is 0 Å². The number of carbonyl (C=O) groups is 1. The van der Waals surface area contributed by atoms with Crippen LogP contribution in [0.4, 0.5) is 0 Å². The Balaban J connectivity index is 1.61. The number of aromatic carboxylic acids is 1. The van der Waals surface area contributed by atoms with E-state index in [1.54, 1.807) is 41.0 Å². The van der Waals surface area contributed by atoms with Crippen molar-refractivity contribution in [2.24, 2.45) is 0 Å². The molecule has 1 fully saturated rings. The minimum Gasteiger partial charge on any atom is -0.478 e. The lowest BCUT2D eigenvalue weighted by Crippen LogP contribution is -2.26. The molecule has 26 heavy (non-hydrogen) atoms. The molecule has 0 saturated heterocycles. The second-order valence-electron chi connectivity index (χ2n) is 6.52. The molecule has 0 aliphatic heterocycles. The monoisotopic (exact) mass is 353 g/mol. The highest BCUT2D eigenvalue weighted by Gasteiger charge is 2.21. The van der Waals surface area contributed by atoms with Gasteiger partial charge < -0.3 is 14.9 Å². The first-order valence-electron chi connectivity index (χ1n) is 8.63. The van der Waals surface area contributed by atoms with Crippen molar-refractivity contribution in [1.82, 2.24) is 14.6 Å². The molecule has 0 spiro atoms. The molecule has 2 aromatic heterocycles. The zero-order valence-corrected chi connectivity index (χ0v) is 14.1. The number of aromatic nitrogens is 3. The first kappa shape index (κ1) is 16.5. The van der Waals surface area contributed by atoms with Crippen LogP contribution >= 0.6 is 0 Å². The molecule has 7 nitrogen and oxygen atoms in total. The van der Waals surface area contributed by atoms with Gasteiger partial charge in [-0.15, -0.1) is 5.10 Å². The summed E-state index contributed by atoms with van der Waals surface area (Å²) in [4.78, 5) is 15.3. The third-order valence-electron chi connectivity index (χ3n) is 4.70. The fraction of sp³-hybridized carbons (Fsp3) is 0.316. The predicted octanol–water partition coefficient (Wildman–Crippen LogP) is 2.78. The molecule has 1 aromatic carbocycles. The van der Waals surface area contributed by atoms with Gasteiger partial charge in [-0.1, -0.05) is 12.1 Å². The van der Waals surface area contributed by atoms with Crippen LogP contribution in [-0.4, -0.2) is 43.0 Å². The molecule has 0 unspecified atom stereocenters. The Kier molecular flexibility index (Phi) is 4.30. The van der Waals surface area contributed by atoms with Crippen LogP contribution in [0.15, 0.2) is 42.6 Å². The zero-order valence-electron chi connectivity index (χ0n) is 14.1. The molecule has 1 aliphatic carbocycles. The molecule has 1 aliphatic rings. The first-order chi connectivity index (χ1) is 12.6. The number of ether oxygens (including phenoxy) is 1. The quantitative estimate of drug-likeness (QED) is 0.749. The topological polar surface area (TPSA) is 97.0 Å². The highest BCUT2D eigenvalue weighted by atomic mass is 16.5. The van der Waals surface area contributed by atoms with E-state index >= 15 is 0 Å². The van der Waals surface area contributed by atoms with Crippen molar-refractivity contribution in [1.29, 1.82) is 0 Å². The minimum absolute atomic E-state index is 0.0603. The maximum Gasteiger partial charge on any atom is 0.335 e. The van der Waals surface area contributed by atoms with Crippen LogP contribution in [0.25, 0.3) is 16.9 Å². The van der Waals surface area contributed by atoms with Gasteiger partial charge in [0.2, 0.25) is 5.88 Å². The number of imidazole rings is 1. The van der Waals surface area contributed by atoms with Crippen LogP contribution in [0.3, 0.4) is 0 Å². The number of hydrogen-bond donors (Lipinski definition) is 2. The number of hydrogen-bond acceptors (Lipinski definition) is 5. The maximum absolute atomic E-state index is 11.0. The second kappa shape index (κ2) is 6.76. The molecular weight excluding hydrogens is 334 g/mol. The summed E-state index contributed by atoms with van der Waals surface area (Å²) in [5, 5.41) is 23.2. The van der Waals surface area contributed by atoms with Gasteiger partial charge in [0.25, 0.3) is 0 Å². The van der Waals surface area contributed by atoms with Gasteiger partial charge in [-0.2, -0.15) is 0 Å². The van der Waals surface area contributed by atoms with Gasteiger partial charge in [0.15, 0.2) is 5.65 Å². The number of aliphatic hydroxyl groups excluding tert-OH is 1. The van der Waals surface area contributed by atoms with Crippen molar-refractivity contribution in [3.63, 3.8) is 0 Å². The molecular formula is C19H19N3O4. The van der Waals surface area contributed by atoms with Crippen molar-refractivity contribution < 1.29 is 19.7 Å². The molecule has 0 radical (unpaired) electrons. The molecule has 0 atom stereocenters. The van der Waals surface area contributed by atoms with Crippen molar-refractivity contribution in [2.45, 2.75) is 37.9 Å². The Morgan fingerprint density at radius 2 is 1.81 bits per heavy atom. The van der Waals surface area contributed by atoms with Gasteiger partial charge in [0.1, 0.15) is 6.10 Å². The van der Waals surface area contributed by atoms with Crippen LogP contribution in [0.2, 0.25) is 0 Å². The van der Waals surface area contributed by atoms with E-state index in [0.717, 1.165) is 36.9 Å². The number of carboxylic acids is 1.